The first-order chi connectivity index (χ1) is 13.3. The van der Waals surface area contributed by atoms with Gasteiger partial charge in [0.05, 0.1) is 17.2 Å². The highest BCUT2D eigenvalue weighted by atomic mass is 35.5. The van der Waals surface area contributed by atoms with Gasteiger partial charge in [-0.15, -0.1) is 0 Å². The van der Waals surface area contributed by atoms with Gasteiger partial charge in [-0.25, -0.2) is 8.42 Å². The predicted molar refractivity (Wildman–Crippen MR) is 113 cm³/mol. The van der Waals surface area contributed by atoms with Gasteiger partial charge in [-0.3, -0.25) is 4.90 Å². The van der Waals surface area contributed by atoms with E-state index < -0.39 is 10.0 Å². The molecule has 3 rings (SSSR count). The van der Waals surface area contributed by atoms with E-state index in [1.807, 2.05) is 24.3 Å². The topological polar surface area (TPSA) is 49.9 Å². The van der Waals surface area contributed by atoms with Gasteiger partial charge in [-0.2, -0.15) is 4.31 Å². The van der Waals surface area contributed by atoms with Crippen molar-refractivity contribution in [1.29, 1.82) is 0 Å². The number of ether oxygens (including phenoxy) is 1. The number of rotatable bonds is 5. The van der Waals surface area contributed by atoms with Crippen LogP contribution in [0.4, 0.5) is 0 Å². The Hall–Kier alpha value is -1.02. The zero-order valence-electron chi connectivity index (χ0n) is 15.4. The number of sulfonamides is 1. The SMILES string of the molecule is COc1ccc(CN2CCCN(S(=O)(=O)c3c(Cl)cc(Cl)cc3Cl)CC2)cc1. The van der Waals surface area contributed by atoms with E-state index in [-0.39, 0.29) is 14.9 Å². The highest BCUT2D eigenvalue weighted by Gasteiger charge is 2.31. The summed E-state index contributed by atoms with van der Waals surface area (Å²) < 4.78 is 32.8. The molecule has 5 nitrogen and oxygen atoms in total. The molecule has 0 radical (unpaired) electrons. The zero-order valence-corrected chi connectivity index (χ0v) is 18.5. The second-order valence-electron chi connectivity index (χ2n) is 6.58. The molecule has 1 saturated heterocycles. The summed E-state index contributed by atoms with van der Waals surface area (Å²) in [6, 6.07) is 10.7. The highest BCUT2D eigenvalue weighted by Crippen LogP contribution is 2.35. The van der Waals surface area contributed by atoms with Crippen LogP contribution in [0.2, 0.25) is 15.1 Å². The fourth-order valence-electron chi connectivity index (χ4n) is 3.24. The molecule has 0 saturated carbocycles. The summed E-state index contributed by atoms with van der Waals surface area (Å²) in [5, 5.41) is 0.379. The van der Waals surface area contributed by atoms with Crippen molar-refractivity contribution in [3.8, 4) is 5.75 Å². The normalized spacial score (nSPS) is 16.7. The van der Waals surface area contributed by atoms with Crippen LogP contribution >= 0.6 is 34.8 Å². The maximum absolute atomic E-state index is 13.1. The molecule has 2 aromatic carbocycles. The lowest BCUT2D eigenvalue weighted by Gasteiger charge is -2.22. The first kappa shape index (κ1) is 21.7. The van der Waals surface area contributed by atoms with Crippen molar-refractivity contribution >= 4 is 44.8 Å². The Morgan fingerprint density at radius 1 is 0.964 bits per heavy atom. The summed E-state index contributed by atoms with van der Waals surface area (Å²) in [5.74, 6) is 0.814. The summed E-state index contributed by atoms with van der Waals surface area (Å²) in [6.45, 7) is 2.96. The molecular weight excluding hydrogens is 443 g/mol. The van der Waals surface area contributed by atoms with Gasteiger partial charge >= 0.3 is 0 Å². The van der Waals surface area contributed by atoms with Crippen LogP contribution in [0.5, 0.6) is 5.75 Å². The van der Waals surface area contributed by atoms with Crippen LogP contribution in [0.3, 0.4) is 0 Å². The van der Waals surface area contributed by atoms with E-state index >= 15 is 0 Å². The number of hydrogen-bond acceptors (Lipinski definition) is 4. The lowest BCUT2D eigenvalue weighted by Crippen LogP contribution is -2.35. The number of nitrogens with zero attached hydrogens (tertiary/aromatic N) is 2. The Labute approximate surface area is 180 Å². The predicted octanol–water partition coefficient (Wildman–Crippen LogP) is 4.55. The summed E-state index contributed by atoms with van der Waals surface area (Å²) in [4.78, 5) is 2.16. The summed E-state index contributed by atoms with van der Waals surface area (Å²) >= 11 is 18.2. The van der Waals surface area contributed by atoms with Crippen LogP contribution in [-0.4, -0.2) is 50.9 Å². The molecule has 0 unspecified atom stereocenters. The van der Waals surface area contributed by atoms with E-state index in [0.29, 0.717) is 24.7 Å². The molecule has 1 aliphatic rings. The van der Waals surface area contributed by atoms with E-state index in [9.17, 15) is 8.42 Å². The molecule has 0 atom stereocenters. The summed E-state index contributed by atoms with van der Waals surface area (Å²) in [7, 11) is -2.16. The Balaban J connectivity index is 1.72. The molecule has 1 heterocycles. The van der Waals surface area contributed by atoms with Crippen molar-refractivity contribution in [2.45, 2.75) is 17.9 Å². The molecule has 0 spiro atoms. The van der Waals surface area contributed by atoms with Crippen LogP contribution in [0.25, 0.3) is 0 Å². The van der Waals surface area contributed by atoms with Gasteiger partial charge in [0.15, 0.2) is 0 Å². The van der Waals surface area contributed by atoms with Gasteiger partial charge in [-0.1, -0.05) is 46.9 Å². The lowest BCUT2D eigenvalue weighted by atomic mass is 10.2. The number of hydrogen-bond donors (Lipinski definition) is 0. The third-order valence-corrected chi connectivity index (χ3v) is 7.71. The smallest absolute Gasteiger partial charge is 0.246 e. The summed E-state index contributed by atoms with van der Waals surface area (Å²) in [6.07, 6.45) is 0.720. The van der Waals surface area contributed by atoms with Gasteiger partial charge in [0.2, 0.25) is 10.0 Å². The van der Waals surface area contributed by atoms with Crippen molar-refractivity contribution in [3.05, 3.63) is 57.0 Å². The number of benzene rings is 2. The molecule has 1 aliphatic heterocycles. The fraction of sp³-hybridized carbons (Fsp3) is 0.368. The van der Waals surface area contributed by atoms with Gasteiger partial charge in [-0.05, 0) is 42.8 Å². The Morgan fingerprint density at radius 2 is 1.61 bits per heavy atom. The average molecular weight is 464 g/mol. The second kappa shape index (κ2) is 9.20. The van der Waals surface area contributed by atoms with E-state index in [4.69, 9.17) is 39.5 Å². The quantitative estimate of drug-likeness (QED) is 0.652. The fourth-order valence-corrected chi connectivity index (χ4v) is 6.20. The molecule has 0 amide bonds. The maximum Gasteiger partial charge on any atom is 0.246 e. The van der Waals surface area contributed by atoms with E-state index in [0.717, 1.165) is 30.8 Å². The molecule has 28 heavy (non-hydrogen) atoms. The average Bonchev–Trinajstić information content (AvgIpc) is 2.87. The standard InChI is InChI=1S/C19H21Cl3N2O3S/c1-27-16-5-3-14(4-6-16)13-23-7-2-8-24(10-9-23)28(25,26)19-17(21)11-15(20)12-18(19)22/h3-6,11-12H,2,7-10,13H2,1H3. The number of halogens is 3. The Kier molecular flexibility index (Phi) is 7.12. The monoisotopic (exact) mass is 462 g/mol. The van der Waals surface area contributed by atoms with Gasteiger partial charge in [0, 0.05) is 31.2 Å². The molecule has 1 fully saturated rings. The zero-order chi connectivity index (χ0) is 20.3. The molecular formula is C19H21Cl3N2O3S. The van der Waals surface area contributed by atoms with Crippen molar-refractivity contribution in [3.63, 3.8) is 0 Å². The molecule has 0 N–H and O–H groups in total. The van der Waals surface area contributed by atoms with E-state index in [1.165, 1.54) is 16.4 Å². The number of methoxy groups -OCH3 is 1. The first-order valence-electron chi connectivity index (χ1n) is 8.81. The first-order valence-corrected chi connectivity index (χ1v) is 11.4. The largest absolute Gasteiger partial charge is 0.497 e. The molecule has 152 valence electrons. The van der Waals surface area contributed by atoms with Crippen molar-refractivity contribution in [2.24, 2.45) is 0 Å². The van der Waals surface area contributed by atoms with Crippen LogP contribution in [0.15, 0.2) is 41.3 Å². The second-order valence-corrected chi connectivity index (χ2v) is 9.71. The van der Waals surface area contributed by atoms with Crippen LogP contribution in [0.1, 0.15) is 12.0 Å². The van der Waals surface area contributed by atoms with Gasteiger partial charge < -0.3 is 4.74 Å². The minimum atomic E-state index is -3.80. The molecule has 9 heteroatoms. The Bertz CT molecular complexity index is 913. The minimum absolute atomic E-state index is 0.0387. The summed E-state index contributed by atoms with van der Waals surface area (Å²) in [5.41, 5.74) is 1.15. The maximum atomic E-state index is 13.1. The van der Waals surface area contributed by atoms with E-state index in [1.54, 1.807) is 7.11 Å². The highest BCUT2D eigenvalue weighted by molar-refractivity contribution is 7.89. The van der Waals surface area contributed by atoms with Crippen LogP contribution in [0, 0.1) is 0 Å². The van der Waals surface area contributed by atoms with Gasteiger partial charge in [0.1, 0.15) is 10.6 Å². The molecule has 2 aromatic rings. The van der Waals surface area contributed by atoms with Crippen molar-refractivity contribution in [2.75, 3.05) is 33.3 Å². The third-order valence-electron chi connectivity index (χ3n) is 4.67. The molecule has 0 aliphatic carbocycles. The third kappa shape index (κ3) is 4.93. The molecule has 0 aromatic heterocycles. The molecule has 0 bridgehead atoms. The minimum Gasteiger partial charge on any atom is -0.497 e. The van der Waals surface area contributed by atoms with Crippen LogP contribution < -0.4 is 4.74 Å². The lowest BCUT2D eigenvalue weighted by molar-refractivity contribution is 0.278. The van der Waals surface area contributed by atoms with Gasteiger partial charge in [0.25, 0.3) is 0 Å². The van der Waals surface area contributed by atoms with Crippen molar-refractivity contribution in [1.82, 2.24) is 9.21 Å². The van der Waals surface area contributed by atoms with Crippen molar-refractivity contribution < 1.29 is 13.2 Å². The Morgan fingerprint density at radius 3 is 2.21 bits per heavy atom. The van der Waals surface area contributed by atoms with Crippen LogP contribution in [-0.2, 0) is 16.6 Å². The van der Waals surface area contributed by atoms with E-state index in [2.05, 4.69) is 4.90 Å².